The zero-order valence-corrected chi connectivity index (χ0v) is 10.4. The molecule has 2 saturated heterocycles. The molecule has 6 nitrogen and oxygen atoms in total. The molecule has 1 N–H and O–H groups in total. The molecule has 0 aromatic carbocycles. The molecule has 0 spiro atoms. The summed E-state index contributed by atoms with van der Waals surface area (Å²) >= 11 is 0. The van der Waals surface area contributed by atoms with Crippen molar-refractivity contribution in [3.8, 4) is 0 Å². The Balaban J connectivity index is 2.03. The van der Waals surface area contributed by atoms with E-state index in [-0.39, 0.29) is 24.2 Å². The third-order valence-electron chi connectivity index (χ3n) is 3.45. The molecule has 2 aliphatic rings. The minimum atomic E-state index is -2.90. The van der Waals surface area contributed by atoms with E-state index >= 15 is 0 Å². The number of morpholine rings is 1. The zero-order valence-electron chi connectivity index (χ0n) is 9.54. The number of nitrogens with zero attached hydrogens (tertiary/aromatic N) is 1. The molecule has 2 heterocycles. The van der Waals surface area contributed by atoms with Gasteiger partial charge in [-0.3, -0.25) is 9.69 Å². The van der Waals surface area contributed by atoms with Crippen LogP contribution in [-0.2, 0) is 19.4 Å². The Labute approximate surface area is 100 Å². The van der Waals surface area contributed by atoms with Crippen molar-refractivity contribution in [1.29, 1.82) is 0 Å². The zero-order chi connectivity index (χ0) is 12.5. The van der Waals surface area contributed by atoms with Crippen molar-refractivity contribution in [2.24, 2.45) is 0 Å². The summed E-state index contributed by atoms with van der Waals surface area (Å²) < 4.78 is 27.8. The summed E-state index contributed by atoms with van der Waals surface area (Å²) in [5, 5.41) is 9.10. The molecule has 2 fully saturated rings. The van der Waals surface area contributed by atoms with Crippen molar-refractivity contribution in [3.05, 3.63) is 0 Å². The van der Waals surface area contributed by atoms with Crippen molar-refractivity contribution in [1.82, 2.24) is 4.90 Å². The highest BCUT2D eigenvalue weighted by Crippen LogP contribution is 2.22. The summed E-state index contributed by atoms with van der Waals surface area (Å²) in [4.78, 5) is 13.0. The van der Waals surface area contributed by atoms with Gasteiger partial charge in [0.2, 0.25) is 0 Å². The highest BCUT2D eigenvalue weighted by molar-refractivity contribution is 7.91. The Bertz CT molecular complexity index is 380. The lowest BCUT2D eigenvalue weighted by atomic mass is 10.1. The molecule has 1 atom stereocenters. The Morgan fingerprint density at radius 1 is 1.29 bits per heavy atom. The monoisotopic (exact) mass is 263 g/mol. The molecule has 17 heavy (non-hydrogen) atoms. The van der Waals surface area contributed by atoms with Gasteiger partial charge in [-0.2, -0.15) is 0 Å². The van der Waals surface area contributed by atoms with E-state index in [0.717, 1.165) is 0 Å². The number of rotatable bonds is 2. The number of carbonyl (C=O) groups is 1. The van der Waals surface area contributed by atoms with Crippen LogP contribution in [0.3, 0.4) is 0 Å². The molecule has 1 unspecified atom stereocenters. The summed E-state index contributed by atoms with van der Waals surface area (Å²) in [6, 6.07) is -0.571. The Kier molecular flexibility index (Phi) is 3.70. The van der Waals surface area contributed by atoms with Crippen molar-refractivity contribution >= 4 is 15.8 Å². The number of ether oxygens (including phenoxy) is 1. The number of hydrogen-bond acceptors (Lipinski definition) is 5. The predicted octanol–water partition coefficient (Wildman–Crippen LogP) is -0.651. The minimum Gasteiger partial charge on any atom is -0.480 e. The molecule has 0 aromatic rings. The summed E-state index contributed by atoms with van der Waals surface area (Å²) in [6.45, 7) is 1.29. The van der Waals surface area contributed by atoms with Gasteiger partial charge < -0.3 is 9.84 Å². The van der Waals surface area contributed by atoms with Gasteiger partial charge >= 0.3 is 5.97 Å². The molecular weight excluding hydrogens is 246 g/mol. The SMILES string of the molecule is O=C(O)C1COCCN1C1CCS(=O)(=O)CC1. The maximum Gasteiger partial charge on any atom is 0.323 e. The number of aliphatic carboxylic acids is 1. The van der Waals surface area contributed by atoms with Crippen LogP contribution in [0.4, 0.5) is 0 Å². The van der Waals surface area contributed by atoms with E-state index in [9.17, 15) is 13.2 Å². The highest BCUT2D eigenvalue weighted by atomic mass is 32.2. The van der Waals surface area contributed by atoms with E-state index in [1.807, 2.05) is 4.90 Å². The lowest BCUT2D eigenvalue weighted by Crippen LogP contribution is -2.55. The van der Waals surface area contributed by atoms with Crippen LogP contribution in [0.5, 0.6) is 0 Å². The molecule has 0 amide bonds. The lowest BCUT2D eigenvalue weighted by Gasteiger charge is -2.40. The second-order valence-electron chi connectivity index (χ2n) is 4.55. The largest absolute Gasteiger partial charge is 0.480 e. The van der Waals surface area contributed by atoms with E-state index in [0.29, 0.717) is 26.0 Å². The van der Waals surface area contributed by atoms with Gasteiger partial charge in [0.25, 0.3) is 0 Å². The molecule has 98 valence electrons. The van der Waals surface area contributed by atoms with Crippen molar-refractivity contribution in [2.45, 2.75) is 24.9 Å². The van der Waals surface area contributed by atoms with Gasteiger partial charge in [-0.15, -0.1) is 0 Å². The molecule has 0 radical (unpaired) electrons. The van der Waals surface area contributed by atoms with Crippen molar-refractivity contribution in [2.75, 3.05) is 31.3 Å². The summed E-state index contributed by atoms with van der Waals surface area (Å²) in [5.41, 5.74) is 0. The van der Waals surface area contributed by atoms with Gasteiger partial charge in [0.15, 0.2) is 0 Å². The predicted molar refractivity (Wildman–Crippen MR) is 60.6 cm³/mol. The number of carboxylic acids is 1. The van der Waals surface area contributed by atoms with Crippen molar-refractivity contribution < 1.29 is 23.1 Å². The van der Waals surface area contributed by atoms with E-state index < -0.39 is 21.8 Å². The molecule has 2 rings (SSSR count). The van der Waals surface area contributed by atoms with E-state index in [1.165, 1.54) is 0 Å². The van der Waals surface area contributed by atoms with Crippen LogP contribution in [-0.4, -0.2) is 67.7 Å². The summed E-state index contributed by atoms with van der Waals surface area (Å²) in [7, 11) is -2.90. The first-order chi connectivity index (χ1) is 7.99. The van der Waals surface area contributed by atoms with Crippen LogP contribution in [0.25, 0.3) is 0 Å². The maximum atomic E-state index is 11.3. The van der Waals surface area contributed by atoms with Crippen LogP contribution in [0.15, 0.2) is 0 Å². The average Bonchev–Trinajstić information content (AvgIpc) is 2.29. The maximum absolute atomic E-state index is 11.3. The Morgan fingerprint density at radius 2 is 1.94 bits per heavy atom. The number of sulfone groups is 1. The molecular formula is C10H17NO5S. The van der Waals surface area contributed by atoms with Crippen molar-refractivity contribution in [3.63, 3.8) is 0 Å². The average molecular weight is 263 g/mol. The summed E-state index contributed by atoms with van der Waals surface area (Å²) in [5.74, 6) is -0.555. The normalized spacial score (nSPS) is 31.2. The van der Waals surface area contributed by atoms with Crippen LogP contribution in [0.2, 0.25) is 0 Å². The highest BCUT2D eigenvalue weighted by Gasteiger charge is 2.36. The topological polar surface area (TPSA) is 83.9 Å². The first kappa shape index (κ1) is 12.8. The standard InChI is InChI=1S/C10H17NO5S/c12-10(13)9-7-16-4-3-11(9)8-1-5-17(14,15)6-2-8/h8-9H,1-7H2,(H,12,13). The first-order valence-electron chi connectivity index (χ1n) is 5.76. The van der Waals surface area contributed by atoms with Crippen LogP contribution >= 0.6 is 0 Å². The van der Waals surface area contributed by atoms with E-state index in [1.54, 1.807) is 0 Å². The van der Waals surface area contributed by atoms with E-state index in [4.69, 9.17) is 9.84 Å². The fourth-order valence-corrected chi connectivity index (χ4v) is 3.94. The van der Waals surface area contributed by atoms with Crippen LogP contribution in [0, 0.1) is 0 Å². The fraction of sp³-hybridized carbons (Fsp3) is 0.900. The Morgan fingerprint density at radius 3 is 2.53 bits per heavy atom. The third-order valence-corrected chi connectivity index (χ3v) is 5.16. The first-order valence-corrected chi connectivity index (χ1v) is 7.58. The van der Waals surface area contributed by atoms with Crippen LogP contribution in [0.1, 0.15) is 12.8 Å². The minimum absolute atomic E-state index is 0.0588. The fourth-order valence-electron chi connectivity index (χ4n) is 2.48. The van der Waals surface area contributed by atoms with E-state index in [2.05, 4.69) is 0 Å². The van der Waals surface area contributed by atoms with Gasteiger partial charge in [-0.1, -0.05) is 0 Å². The van der Waals surface area contributed by atoms with Gasteiger partial charge in [0.1, 0.15) is 15.9 Å². The molecule has 0 bridgehead atoms. The second-order valence-corrected chi connectivity index (χ2v) is 6.85. The number of hydrogen-bond donors (Lipinski definition) is 1. The molecule has 7 heteroatoms. The van der Waals surface area contributed by atoms with Gasteiger partial charge in [-0.05, 0) is 12.8 Å². The third kappa shape index (κ3) is 2.97. The van der Waals surface area contributed by atoms with Gasteiger partial charge in [0.05, 0.1) is 24.7 Å². The molecule has 2 aliphatic heterocycles. The Hall–Kier alpha value is -0.660. The smallest absolute Gasteiger partial charge is 0.323 e. The molecule has 0 saturated carbocycles. The second kappa shape index (κ2) is 4.91. The molecule has 0 aromatic heterocycles. The quantitative estimate of drug-likeness (QED) is 0.712. The summed E-state index contributed by atoms with van der Waals surface area (Å²) in [6.07, 6.45) is 1.07. The lowest BCUT2D eigenvalue weighted by molar-refractivity contribution is -0.151. The number of carboxylic acid groups (broad SMARTS) is 1. The van der Waals surface area contributed by atoms with Crippen LogP contribution < -0.4 is 0 Å². The van der Waals surface area contributed by atoms with Gasteiger partial charge in [-0.25, -0.2) is 8.42 Å². The van der Waals surface area contributed by atoms with Gasteiger partial charge in [0, 0.05) is 12.6 Å². The molecule has 0 aliphatic carbocycles.